The Morgan fingerprint density at radius 3 is 2.62 bits per heavy atom. The van der Waals surface area contributed by atoms with Crippen molar-refractivity contribution in [2.45, 2.75) is 38.1 Å². The number of aromatic nitrogens is 3. The summed E-state index contributed by atoms with van der Waals surface area (Å²) in [5.74, 6) is 0.253. The van der Waals surface area contributed by atoms with Crippen LogP contribution >= 0.6 is 15.9 Å². The number of anilines is 1. The molecule has 2 aliphatic rings. The Bertz CT molecular complexity index is 831. The molecule has 10 heteroatoms. The lowest BCUT2D eigenvalue weighted by Crippen LogP contribution is -2.51. The molecule has 2 N–H and O–H groups in total. The Balaban J connectivity index is 1.68. The van der Waals surface area contributed by atoms with E-state index >= 15 is 0 Å². The molecule has 2 saturated heterocycles. The largest absolute Gasteiger partial charge is 0.434 e. The van der Waals surface area contributed by atoms with E-state index < -0.39 is 11.9 Å². The van der Waals surface area contributed by atoms with E-state index in [1.807, 2.05) is 11.8 Å². The van der Waals surface area contributed by atoms with E-state index in [0.29, 0.717) is 19.7 Å². The molecule has 0 unspecified atom stereocenters. The highest BCUT2D eigenvalue weighted by molar-refractivity contribution is 9.10. The van der Waals surface area contributed by atoms with Crippen molar-refractivity contribution in [3.63, 3.8) is 0 Å². The molecule has 4 heterocycles. The number of nitrogens with zero attached hydrogens (tertiary/aromatic N) is 4. The van der Waals surface area contributed by atoms with Gasteiger partial charge in [0.1, 0.15) is 0 Å². The monoisotopic (exact) mass is 433 g/mol. The highest BCUT2D eigenvalue weighted by atomic mass is 79.9. The van der Waals surface area contributed by atoms with Crippen LogP contribution in [0.2, 0.25) is 0 Å². The molecule has 0 amide bonds. The normalized spacial score (nSPS) is 26.2. The first-order valence-electron chi connectivity index (χ1n) is 8.45. The van der Waals surface area contributed by atoms with Crippen molar-refractivity contribution in [1.29, 1.82) is 0 Å². The number of hydrogen-bond donors (Lipinski definition) is 1. The molecule has 26 heavy (non-hydrogen) atoms. The first-order valence-corrected chi connectivity index (χ1v) is 9.24. The third-order valence-electron chi connectivity index (χ3n) is 5.63. The van der Waals surface area contributed by atoms with E-state index in [2.05, 4.69) is 25.9 Å². The topological polar surface area (TPSA) is 68.7 Å². The van der Waals surface area contributed by atoms with Crippen molar-refractivity contribution < 1.29 is 17.9 Å². The first-order chi connectivity index (χ1) is 12.2. The molecule has 0 saturated carbocycles. The molecular formula is C16H19BrF3N5O. The lowest BCUT2D eigenvalue weighted by Gasteiger charge is -2.41. The van der Waals surface area contributed by atoms with Gasteiger partial charge in [-0.15, -0.1) is 0 Å². The molecule has 0 aromatic carbocycles. The van der Waals surface area contributed by atoms with Crippen molar-refractivity contribution in [3.05, 3.63) is 22.6 Å². The third-order valence-corrected chi connectivity index (χ3v) is 6.36. The number of piperidine rings is 1. The maximum atomic E-state index is 13.4. The number of alkyl halides is 3. The summed E-state index contributed by atoms with van der Waals surface area (Å²) < 4.78 is 47.3. The lowest BCUT2D eigenvalue weighted by atomic mass is 9.73. The summed E-state index contributed by atoms with van der Waals surface area (Å²) in [5, 5.41) is 0. The second-order valence-electron chi connectivity index (χ2n) is 7.08. The van der Waals surface area contributed by atoms with Gasteiger partial charge in [-0.25, -0.2) is 9.97 Å². The molecule has 6 nitrogen and oxygen atoms in total. The predicted molar refractivity (Wildman–Crippen MR) is 93.0 cm³/mol. The van der Waals surface area contributed by atoms with Gasteiger partial charge in [-0.1, -0.05) is 0 Å². The standard InChI is InChI=1S/C16H19BrF3N5O/c1-9-11(21)15(8-26-9)2-5-24(6-3-15)14-23-12(16(18,19)20)10(17)13-22-4-7-25(13)14/h4,7,9,11H,2-3,5-6,8,21H2,1H3/t9-,11+/m0/s1. The summed E-state index contributed by atoms with van der Waals surface area (Å²) in [7, 11) is 0. The first kappa shape index (κ1) is 18.0. The number of ether oxygens (including phenoxy) is 1. The second-order valence-corrected chi connectivity index (χ2v) is 7.88. The number of halogens is 4. The maximum absolute atomic E-state index is 13.4. The van der Waals surface area contributed by atoms with Crippen LogP contribution in [0.15, 0.2) is 16.9 Å². The predicted octanol–water partition coefficient (Wildman–Crippen LogP) is 2.84. The van der Waals surface area contributed by atoms with Crippen molar-refractivity contribution in [2.75, 3.05) is 24.6 Å². The van der Waals surface area contributed by atoms with Crippen LogP contribution in [0.1, 0.15) is 25.5 Å². The Morgan fingerprint density at radius 2 is 2.04 bits per heavy atom. The van der Waals surface area contributed by atoms with Crippen molar-refractivity contribution >= 4 is 27.5 Å². The molecule has 2 aromatic rings. The van der Waals surface area contributed by atoms with Crippen LogP contribution in [0.5, 0.6) is 0 Å². The molecule has 1 spiro atoms. The van der Waals surface area contributed by atoms with E-state index in [4.69, 9.17) is 10.5 Å². The number of fused-ring (bicyclic) bond motifs is 1. The van der Waals surface area contributed by atoms with Crippen molar-refractivity contribution in [2.24, 2.45) is 11.1 Å². The van der Waals surface area contributed by atoms with Gasteiger partial charge in [0.15, 0.2) is 11.3 Å². The summed E-state index contributed by atoms with van der Waals surface area (Å²) in [4.78, 5) is 9.85. The van der Waals surface area contributed by atoms with Gasteiger partial charge in [0, 0.05) is 36.9 Å². The fourth-order valence-corrected chi connectivity index (χ4v) is 4.58. The van der Waals surface area contributed by atoms with Crippen molar-refractivity contribution in [3.8, 4) is 0 Å². The number of nitrogens with two attached hydrogens (primary N) is 1. The van der Waals surface area contributed by atoms with E-state index in [1.165, 1.54) is 6.20 Å². The average Bonchev–Trinajstić information content (AvgIpc) is 3.18. The summed E-state index contributed by atoms with van der Waals surface area (Å²) in [5.41, 5.74) is 5.46. The quantitative estimate of drug-likeness (QED) is 0.748. The van der Waals surface area contributed by atoms with Crippen LogP contribution in [0, 0.1) is 5.41 Å². The minimum absolute atomic E-state index is 0.00421. The number of rotatable bonds is 1. The van der Waals surface area contributed by atoms with Gasteiger partial charge in [-0.3, -0.25) is 4.40 Å². The van der Waals surface area contributed by atoms with Gasteiger partial charge in [-0.05, 0) is 35.7 Å². The second kappa shape index (κ2) is 6.07. The van der Waals surface area contributed by atoms with E-state index in [0.717, 1.165) is 12.8 Å². The fourth-order valence-electron chi connectivity index (χ4n) is 3.97. The van der Waals surface area contributed by atoms with E-state index in [-0.39, 0.29) is 33.6 Å². The zero-order chi connectivity index (χ0) is 18.7. The zero-order valence-electron chi connectivity index (χ0n) is 14.1. The van der Waals surface area contributed by atoms with E-state index in [1.54, 1.807) is 10.6 Å². The zero-order valence-corrected chi connectivity index (χ0v) is 15.7. The molecule has 0 bridgehead atoms. The Hall–Kier alpha value is -1.39. The Labute approximate surface area is 156 Å². The fraction of sp³-hybridized carbons (Fsp3) is 0.625. The summed E-state index contributed by atoms with van der Waals surface area (Å²) in [6, 6.07) is -0.0541. The van der Waals surface area contributed by atoms with Gasteiger partial charge >= 0.3 is 6.18 Å². The molecule has 0 aliphatic carbocycles. The van der Waals surface area contributed by atoms with Crippen LogP contribution in [-0.4, -0.2) is 46.2 Å². The van der Waals surface area contributed by atoms with Gasteiger partial charge in [0.2, 0.25) is 5.95 Å². The molecule has 2 aliphatic heterocycles. The smallest absolute Gasteiger partial charge is 0.376 e. The van der Waals surface area contributed by atoms with Crippen LogP contribution in [-0.2, 0) is 10.9 Å². The van der Waals surface area contributed by atoms with E-state index in [9.17, 15) is 13.2 Å². The highest BCUT2D eigenvalue weighted by Crippen LogP contribution is 2.43. The number of hydrogen-bond acceptors (Lipinski definition) is 5. The Kier molecular flexibility index (Phi) is 4.20. The maximum Gasteiger partial charge on any atom is 0.434 e. The third kappa shape index (κ3) is 2.69. The minimum atomic E-state index is -4.56. The van der Waals surface area contributed by atoms with Crippen LogP contribution in [0.4, 0.5) is 19.1 Å². The summed E-state index contributed by atoms with van der Waals surface area (Å²) in [6.07, 6.45) is 0.0555. The van der Waals surface area contributed by atoms with Crippen LogP contribution in [0.25, 0.3) is 5.65 Å². The molecule has 2 fully saturated rings. The van der Waals surface area contributed by atoms with Crippen molar-refractivity contribution in [1.82, 2.24) is 14.4 Å². The van der Waals surface area contributed by atoms with Gasteiger partial charge < -0.3 is 15.4 Å². The molecular weight excluding hydrogens is 415 g/mol. The molecule has 2 aromatic heterocycles. The molecule has 0 radical (unpaired) electrons. The van der Waals surface area contributed by atoms with Crippen LogP contribution in [0.3, 0.4) is 0 Å². The molecule has 2 atom stereocenters. The highest BCUT2D eigenvalue weighted by Gasteiger charge is 2.48. The average molecular weight is 434 g/mol. The van der Waals surface area contributed by atoms with Crippen LogP contribution < -0.4 is 10.6 Å². The van der Waals surface area contributed by atoms with Gasteiger partial charge in [0.05, 0.1) is 17.2 Å². The summed E-state index contributed by atoms with van der Waals surface area (Å²) in [6.45, 7) is 3.71. The Morgan fingerprint density at radius 1 is 1.35 bits per heavy atom. The molecule has 4 rings (SSSR count). The van der Waals surface area contributed by atoms with Gasteiger partial charge in [0.25, 0.3) is 0 Å². The lowest BCUT2D eigenvalue weighted by molar-refractivity contribution is -0.141. The SMILES string of the molecule is C[C@@H]1OCC2(CCN(c3nc(C(F)(F)F)c(Br)c4nccn34)CC2)[C@@H]1N. The molecule has 142 valence electrons. The van der Waals surface area contributed by atoms with Gasteiger partial charge in [-0.2, -0.15) is 13.2 Å². The number of imidazole rings is 1. The minimum Gasteiger partial charge on any atom is -0.376 e. The summed E-state index contributed by atoms with van der Waals surface area (Å²) >= 11 is 3.00.